The highest BCUT2D eigenvalue weighted by molar-refractivity contribution is 7.12. The molecule has 9 heteroatoms. The van der Waals surface area contributed by atoms with E-state index in [0.29, 0.717) is 11.4 Å². The molecule has 1 aliphatic rings. The highest BCUT2D eigenvalue weighted by Crippen LogP contribution is 2.21. The van der Waals surface area contributed by atoms with Crippen LogP contribution in [0.4, 0.5) is 5.82 Å². The van der Waals surface area contributed by atoms with Crippen LogP contribution < -0.4 is 15.8 Å². The summed E-state index contributed by atoms with van der Waals surface area (Å²) in [7, 11) is 1.61. The summed E-state index contributed by atoms with van der Waals surface area (Å²) in [5, 5.41) is 5.04. The number of fused-ring (bicyclic) bond motifs is 1. The monoisotopic (exact) mass is 412 g/mol. The fourth-order valence-corrected chi connectivity index (χ4v) is 4.31. The number of nitrogens with one attached hydrogen (secondary N) is 2. The van der Waals surface area contributed by atoms with E-state index in [-0.39, 0.29) is 11.5 Å². The van der Waals surface area contributed by atoms with Crippen LogP contribution in [0.1, 0.15) is 27.9 Å². The number of rotatable bonds is 5. The molecule has 0 atom stereocenters. The number of aromatic nitrogens is 3. The number of pyridine rings is 2. The zero-order valence-electron chi connectivity index (χ0n) is 16.6. The van der Waals surface area contributed by atoms with Crippen LogP contribution >= 0.6 is 11.3 Å². The Kier molecular flexibility index (Phi) is 5.59. The third-order valence-corrected chi connectivity index (χ3v) is 6.05. The summed E-state index contributed by atoms with van der Waals surface area (Å²) in [6.07, 6.45) is 2.59. The number of carbonyl (C=O) groups is 1. The largest absolute Gasteiger partial charge is 0.353 e. The van der Waals surface area contributed by atoms with Crippen molar-refractivity contribution in [3.8, 4) is 0 Å². The van der Waals surface area contributed by atoms with E-state index in [2.05, 4.69) is 30.1 Å². The van der Waals surface area contributed by atoms with Gasteiger partial charge >= 0.3 is 0 Å². The normalized spacial score (nSPS) is 15.0. The van der Waals surface area contributed by atoms with Crippen LogP contribution in [-0.4, -0.2) is 59.0 Å². The van der Waals surface area contributed by atoms with Crippen LogP contribution in [0.5, 0.6) is 0 Å². The van der Waals surface area contributed by atoms with E-state index >= 15 is 0 Å². The standard InChI is InChI=1S/C20H24N6O2S/c1-3-14-9-15-16(23-18(14)27)8-13(10-22-15)11-25-4-6-26(7-5-25)17-12-29-20(24-17)19(28)21-2/h8-10,12H,3-7,11H2,1-2H3,(H,21,28)(H,23,27). The van der Waals surface area contributed by atoms with Gasteiger partial charge < -0.3 is 15.2 Å². The molecular weight excluding hydrogens is 388 g/mol. The van der Waals surface area contributed by atoms with Crippen molar-refractivity contribution in [3.63, 3.8) is 0 Å². The number of thiazole rings is 1. The third kappa shape index (κ3) is 4.15. The average molecular weight is 413 g/mol. The molecule has 29 heavy (non-hydrogen) atoms. The van der Waals surface area contributed by atoms with E-state index in [4.69, 9.17) is 0 Å². The lowest BCUT2D eigenvalue weighted by Gasteiger charge is -2.34. The molecule has 0 bridgehead atoms. The van der Waals surface area contributed by atoms with E-state index in [1.165, 1.54) is 11.3 Å². The summed E-state index contributed by atoms with van der Waals surface area (Å²) >= 11 is 1.37. The van der Waals surface area contributed by atoms with Gasteiger partial charge in [0.15, 0.2) is 5.01 Å². The summed E-state index contributed by atoms with van der Waals surface area (Å²) < 4.78 is 0. The first kappa shape index (κ1) is 19.5. The SMILES string of the molecule is CCc1cc2ncc(CN3CCN(c4csc(C(=O)NC)n4)CC3)cc2[nH]c1=O. The van der Waals surface area contributed by atoms with Gasteiger partial charge in [-0.15, -0.1) is 11.3 Å². The number of aryl methyl sites for hydroxylation is 1. The van der Waals surface area contributed by atoms with Crippen molar-refractivity contribution >= 4 is 34.1 Å². The van der Waals surface area contributed by atoms with Crippen molar-refractivity contribution < 1.29 is 4.79 Å². The van der Waals surface area contributed by atoms with Gasteiger partial charge in [-0.05, 0) is 24.1 Å². The molecule has 4 rings (SSSR count). The van der Waals surface area contributed by atoms with Crippen LogP contribution in [0.15, 0.2) is 28.5 Å². The lowest BCUT2D eigenvalue weighted by Crippen LogP contribution is -2.46. The predicted molar refractivity (Wildman–Crippen MR) is 115 cm³/mol. The van der Waals surface area contributed by atoms with Crippen LogP contribution in [0.25, 0.3) is 11.0 Å². The van der Waals surface area contributed by atoms with Crippen LogP contribution in [-0.2, 0) is 13.0 Å². The van der Waals surface area contributed by atoms with Gasteiger partial charge in [0.1, 0.15) is 5.82 Å². The van der Waals surface area contributed by atoms with Gasteiger partial charge in [0.2, 0.25) is 0 Å². The maximum atomic E-state index is 12.1. The van der Waals surface area contributed by atoms with Crippen LogP contribution in [0, 0.1) is 0 Å². The highest BCUT2D eigenvalue weighted by Gasteiger charge is 2.20. The molecule has 1 aliphatic heterocycles. The first-order valence-electron chi connectivity index (χ1n) is 9.73. The Hall–Kier alpha value is -2.78. The van der Waals surface area contributed by atoms with Crippen LogP contribution in [0.2, 0.25) is 0 Å². The highest BCUT2D eigenvalue weighted by atomic mass is 32.1. The number of nitrogens with zero attached hydrogens (tertiary/aromatic N) is 4. The zero-order chi connectivity index (χ0) is 20.4. The minimum absolute atomic E-state index is 0.0352. The Balaban J connectivity index is 1.40. The van der Waals surface area contributed by atoms with E-state index < -0.39 is 0 Å². The molecule has 3 aromatic heterocycles. The second-order valence-corrected chi connectivity index (χ2v) is 7.96. The zero-order valence-corrected chi connectivity index (χ0v) is 17.4. The molecule has 2 N–H and O–H groups in total. The number of hydrogen-bond donors (Lipinski definition) is 2. The number of H-pyrrole nitrogens is 1. The molecule has 1 amide bonds. The Morgan fingerprint density at radius 1 is 1.28 bits per heavy atom. The van der Waals surface area contributed by atoms with Gasteiger partial charge in [0.25, 0.3) is 11.5 Å². The fourth-order valence-electron chi connectivity index (χ4n) is 3.53. The van der Waals surface area contributed by atoms with Gasteiger partial charge in [-0.2, -0.15) is 0 Å². The molecule has 4 heterocycles. The number of amides is 1. The molecule has 0 unspecified atom stereocenters. The van der Waals surface area contributed by atoms with Crippen molar-refractivity contribution in [2.45, 2.75) is 19.9 Å². The molecule has 152 valence electrons. The number of piperazine rings is 1. The van der Waals surface area contributed by atoms with Gasteiger partial charge in [-0.3, -0.25) is 19.5 Å². The van der Waals surface area contributed by atoms with Crippen molar-refractivity contribution in [2.75, 3.05) is 38.1 Å². The molecule has 0 spiro atoms. The number of carbonyl (C=O) groups excluding carboxylic acids is 1. The van der Waals surface area contributed by atoms with Crippen molar-refractivity contribution in [1.29, 1.82) is 0 Å². The van der Waals surface area contributed by atoms with E-state index in [0.717, 1.165) is 60.7 Å². The minimum atomic E-state index is -0.146. The van der Waals surface area contributed by atoms with Crippen molar-refractivity contribution in [2.24, 2.45) is 0 Å². The molecule has 1 fully saturated rings. The van der Waals surface area contributed by atoms with Gasteiger partial charge in [0, 0.05) is 56.9 Å². The van der Waals surface area contributed by atoms with Crippen molar-refractivity contribution in [3.05, 3.63) is 50.2 Å². The molecule has 0 aliphatic carbocycles. The third-order valence-electron chi connectivity index (χ3n) is 5.22. The van der Waals surface area contributed by atoms with Crippen molar-refractivity contribution in [1.82, 2.24) is 25.2 Å². The lowest BCUT2D eigenvalue weighted by atomic mass is 10.1. The molecule has 0 saturated carbocycles. The van der Waals surface area contributed by atoms with Gasteiger partial charge in [0.05, 0.1) is 11.0 Å². The maximum absolute atomic E-state index is 12.1. The Bertz CT molecular complexity index is 1080. The summed E-state index contributed by atoms with van der Waals surface area (Å²) in [5.74, 6) is 0.720. The number of hydrogen-bond acceptors (Lipinski definition) is 7. The average Bonchev–Trinajstić information content (AvgIpc) is 3.23. The second-order valence-electron chi connectivity index (χ2n) is 7.11. The Morgan fingerprint density at radius 2 is 2.07 bits per heavy atom. The predicted octanol–water partition coefficient (Wildman–Crippen LogP) is 1.62. The summed E-state index contributed by atoms with van der Waals surface area (Å²) in [4.78, 5) is 40.3. The summed E-state index contributed by atoms with van der Waals surface area (Å²) in [5.41, 5.74) is 3.42. The minimum Gasteiger partial charge on any atom is -0.353 e. The molecule has 8 nitrogen and oxygen atoms in total. The molecule has 0 aromatic carbocycles. The first-order chi connectivity index (χ1) is 14.1. The number of anilines is 1. The topological polar surface area (TPSA) is 94.2 Å². The molecular formula is C20H24N6O2S. The van der Waals surface area contributed by atoms with Gasteiger partial charge in [-0.25, -0.2) is 4.98 Å². The van der Waals surface area contributed by atoms with E-state index in [9.17, 15) is 9.59 Å². The quantitative estimate of drug-likeness (QED) is 0.661. The van der Waals surface area contributed by atoms with E-state index in [1.54, 1.807) is 7.05 Å². The fraction of sp³-hybridized carbons (Fsp3) is 0.400. The molecule has 3 aromatic rings. The first-order valence-corrected chi connectivity index (χ1v) is 10.6. The smallest absolute Gasteiger partial charge is 0.280 e. The Labute approximate surface area is 172 Å². The maximum Gasteiger partial charge on any atom is 0.280 e. The Morgan fingerprint density at radius 3 is 2.79 bits per heavy atom. The van der Waals surface area contributed by atoms with E-state index in [1.807, 2.05) is 30.6 Å². The molecule has 0 radical (unpaired) electrons. The summed E-state index contributed by atoms with van der Waals surface area (Å²) in [6.45, 7) is 6.26. The second kappa shape index (κ2) is 8.30. The lowest BCUT2D eigenvalue weighted by molar-refractivity contribution is 0.0962. The summed E-state index contributed by atoms with van der Waals surface area (Å²) in [6, 6.07) is 3.89. The van der Waals surface area contributed by atoms with Gasteiger partial charge in [-0.1, -0.05) is 6.92 Å². The molecule has 1 saturated heterocycles. The van der Waals surface area contributed by atoms with Crippen LogP contribution in [0.3, 0.4) is 0 Å². The number of aromatic amines is 1.